The van der Waals surface area contributed by atoms with E-state index >= 15 is 0 Å². The third-order valence-corrected chi connectivity index (χ3v) is 2.76. The van der Waals surface area contributed by atoms with Crippen LogP contribution in [-0.2, 0) is 13.2 Å². The highest BCUT2D eigenvalue weighted by molar-refractivity contribution is 6.34. The van der Waals surface area contributed by atoms with Crippen LogP contribution in [0.4, 0.5) is 13.2 Å². The molecular weight excluding hydrogens is 306 g/mol. The number of rotatable bonds is 1. The number of halogens is 5. The molecule has 0 fully saturated rings. The van der Waals surface area contributed by atoms with Crippen molar-refractivity contribution in [2.75, 3.05) is 0 Å². The molecule has 0 aliphatic rings. The molecule has 1 heterocycles. The number of hydrogen-bond acceptors (Lipinski definition) is 2. The Morgan fingerprint density at radius 2 is 1.68 bits per heavy atom. The zero-order valence-electron chi connectivity index (χ0n) is 9.37. The summed E-state index contributed by atoms with van der Waals surface area (Å²) in [5.74, 6) is -1.30. The van der Waals surface area contributed by atoms with Crippen molar-refractivity contribution in [3.8, 4) is 5.69 Å². The predicted octanol–water partition coefficient (Wildman–Crippen LogP) is 2.90. The maximum Gasteiger partial charge on any atom is 0.451 e. The van der Waals surface area contributed by atoms with Gasteiger partial charge in [0.15, 0.2) is 0 Å². The van der Waals surface area contributed by atoms with Crippen molar-refractivity contribution in [1.29, 1.82) is 0 Å². The largest absolute Gasteiger partial charge is 0.451 e. The molecule has 0 saturated carbocycles. The fraction of sp³-hybridized carbons (Fsp3) is 0.200. The summed E-state index contributed by atoms with van der Waals surface area (Å²) >= 11 is 11.5. The molecule has 1 aromatic carbocycles. The summed E-state index contributed by atoms with van der Waals surface area (Å²) in [7, 11) is 0.987. The summed E-state index contributed by atoms with van der Waals surface area (Å²) in [6, 6.07) is 3.98. The second-order valence-electron chi connectivity index (χ2n) is 3.70. The smallest absolute Gasteiger partial charge is 0.274 e. The Labute approximate surface area is 115 Å². The summed E-state index contributed by atoms with van der Waals surface area (Å²) in [5, 5.41) is 3.63. The van der Waals surface area contributed by atoms with Gasteiger partial charge in [-0.3, -0.25) is 4.57 Å². The van der Waals surface area contributed by atoms with Crippen molar-refractivity contribution in [1.82, 2.24) is 14.3 Å². The van der Waals surface area contributed by atoms with Gasteiger partial charge in [0, 0.05) is 17.1 Å². The van der Waals surface area contributed by atoms with E-state index < -0.39 is 17.7 Å². The maximum atomic E-state index is 12.6. The predicted molar refractivity (Wildman–Crippen MR) is 63.8 cm³/mol. The molecule has 0 N–H and O–H groups in total. The van der Waals surface area contributed by atoms with Gasteiger partial charge in [0.2, 0.25) is 5.82 Å². The molecule has 0 radical (unpaired) electrons. The Morgan fingerprint density at radius 3 is 2.11 bits per heavy atom. The van der Waals surface area contributed by atoms with Crippen molar-refractivity contribution in [2.24, 2.45) is 7.05 Å². The second kappa shape index (κ2) is 4.57. The van der Waals surface area contributed by atoms with E-state index in [4.69, 9.17) is 23.2 Å². The molecule has 0 saturated heterocycles. The third kappa shape index (κ3) is 2.62. The molecule has 9 heteroatoms. The molecule has 102 valence electrons. The first-order valence-corrected chi connectivity index (χ1v) is 5.65. The van der Waals surface area contributed by atoms with Crippen LogP contribution in [0.1, 0.15) is 5.82 Å². The minimum absolute atomic E-state index is 0.0635. The van der Waals surface area contributed by atoms with E-state index in [-0.39, 0.29) is 15.7 Å². The molecule has 2 rings (SSSR count). The summed E-state index contributed by atoms with van der Waals surface area (Å²) in [6.07, 6.45) is -4.72. The summed E-state index contributed by atoms with van der Waals surface area (Å²) in [4.78, 5) is 11.7. The lowest BCUT2D eigenvalue weighted by atomic mass is 10.3. The van der Waals surface area contributed by atoms with Crippen LogP contribution in [0.2, 0.25) is 10.0 Å². The Morgan fingerprint density at radius 1 is 1.16 bits per heavy atom. The fourth-order valence-electron chi connectivity index (χ4n) is 1.51. The van der Waals surface area contributed by atoms with Gasteiger partial charge >= 0.3 is 11.9 Å². The van der Waals surface area contributed by atoms with Crippen molar-refractivity contribution in [3.05, 3.63) is 44.6 Å². The molecular formula is C10H6Cl2F3N3O. The van der Waals surface area contributed by atoms with Crippen LogP contribution in [-0.4, -0.2) is 14.3 Å². The molecule has 1 aromatic heterocycles. The van der Waals surface area contributed by atoms with Gasteiger partial charge in [-0.15, -0.1) is 5.10 Å². The van der Waals surface area contributed by atoms with Gasteiger partial charge in [-0.2, -0.15) is 17.9 Å². The van der Waals surface area contributed by atoms with E-state index in [2.05, 4.69) is 5.10 Å². The van der Waals surface area contributed by atoms with Crippen LogP contribution in [0, 0.1) is 0 Å². The lowest BCUT2D eigenvalue weighted by Gasteiger charge is -2.03. The summed E-state index contributed by atoms with van der Waals surface area (Å²) in [5.41, 5.74) is -0.876. The topological polar surface area (TPSA) is 39.8 Å². The van der Waals surface area contributed by atoms with Crippen LogP contribution < -0.4 is 5.69 Å². The highest BCUT2D eigenvalue weighted by atomic mass is 35.5. The number of hydrogen-bond donors (Lipinski definition) is 0. The molecule has 0 aliphatic carbocycles. The quantitative estimate of drug-likeness (QED) is 0.812. The van der Waals surface area contributed by atoms with Gasteiger partial charge in [0.05, 0.1) is 5.69 Å². The lowest BCUT2D eigenvalue weighted by molar-refractivity contribution is -0.147. The van der Waals surface area contributed by atoms with Crippen LogP contribution in [0.5, 0.6) is 0 Å². The Balaban J connectivity index is 2.67. The normalized spacial score (nSPS) is 11.9. The molecule has 19 heavy (non-hydrogen) atoms. The first-order valence-electron chi connectivity index (χ1n) is 4.90. The van der Waals surface area contributed by atoms with E-state index in [9.17, 15) is 18.0 Å². The summed E-state index contributed by atoms with van der Waals surface area (Å²) in [6.45, 7) is 0. The molecule has 0 unspecified atom stereocenters. The van der Waals surface area contributed by atoms with Crippen molar-refractivity contribution >= 4 is 23.2 Å². The van der Waals surface area contributed by atoms with Crippen LogP contribution in [0.25, 0.3) is 5.69 Å². The van der Waals surface area contributed by atoms with E-state index in [1.165, 1.54) is 18.2 Å². The molecule has 0 atom stereocenters. The van der Waals surface area contributed by atoms with Crippen molar-refractivity contribution < 1.29 is 13.2 Å². The van der Waals surface area contributed by atoms with Gasteiger partial charge in [-0.25, -0.2) is 4.79 Å². The van der Waals surface area contributed by atoms with Gasteiger partial charge in [-0.1, -0.05) is 23.2 Å². The van der Waals surface area contributed by atoms with Gasteiger partial charge in [0.25, 0.3) is 0 Å². The van der Waals surface area contributed by atoms with E-state index in [0.717, 1.165) is 7.05 Å². The molecule has 0 bridgehead atoms. The van der Waals surface area contributed by atoms with Crippen molar-refractivity contribution in [2.45, 2.75) is 6.18 Å². The zero-order chi connectivity index (χ0) is 14.4. The third-order valence-electron chi connectivity index (χ3n) is 2.33. The van der Waals surface area contributed by atoms with Gasteiger partial charge < -0.3 is 0 Å². The Kier molecular flexibility index (Phi) is 3.36. The first-order chi connectivity index (χ1) is 8.70. The Hall–Kier alpha value is -1.47. The highest BCUT2D eigenvalue weighted by Crippen LogP contribution is 2.27. The average molecular weight is 312 g/mol. The molecule has 0 aliphatic heterocycles. The number of alkyl halides is 3. The standard InChI is InChI=1S/C10H6Cl2F3N3O/c1-17-8(10(13,14)15)16-18(9(17)19)7-3-5(11)2-6(12)4-7/h2-4H,1H3. The van der Waals surface area contributed by atoms with Crippen LogP contribution in [0.15, 0.2) is 23.0 Å². The fourth-order valence-corrected chi connectivity index (χ4v) is 2.03. The average Bonchev–Trinajstić information content (AvgIpc) is 2.54. The molecule has 2 aromatic rings. The second-order valence-corrected chi connectivity index (χ2v) is 4.58. The Bertz CT molecular complexity index is 670. The van der Waals surface area contributed by atoms with E-state index in [1.54, 1.807) is 0 Å². The number of nitrogens with zero attached hydrogens (tertiary/aromatic N) is 3. The minimum atomic E-state index is -4.72. The number of aromatic nitrogens is 3. The monoisotopic (exact) mass is 311 g/mol. The van der Waals surface area contributed by atoms with Crippen molar-refractivity contribution in [3.63, 3.8) is 0 Å². The zero-order valence-corrected chi connectivity index (χ0v) is 10.9. The molecule has 0 spiro atoms. The summed E-state index contributed by atoms with van der Waals surface area (Å²) < 4.78 is 38.9. The van der Waals surface area contributed by atoms with Crippen LogP contribution >= 0.6 is 23.2 Å². The van der Waals surface area contributed by atoms with E-state index in [0.29, 0.717) is 9.25 Å². The minimum Gasteiger partial charge on any atom is -0.274 e. The van der Waals surface area contributed by atoms with E-state index in [1.807, 2.05) is 0 Å². The lowest BCUT2D eigenvalue weighted by Crippen LogP contribution is -2.23. The van der Waals surface area contributed by atoms with Gasteiger partial charge in [0.1, 0.15) is 0 Å². The number of benzene rings is 1. The molecule has 4 nitrogen and oxygen atoms in total. The van der Waals surface area contributed by atoms with Crippen LogP contribution in [0.3, 0.4) is 0 Å². The first kappa shape index (κ1) is 14.0. The highest BCUT2D eigenvalue weighted by Gasteiger charge is 2.38. The maximum absolute atomic E-state index is 12.6. The SMILES string of the molecule is Cn1c(C(F)(F)F)nn(-c2cc(Cl)cc(Cl)c2)c1=O. The van der Waals surface area contributed by atoms with Gasteiger partial charge in [-0.05, 0) is 18.2 Å². The molecule has 0 amide bonds.